The molecule has 1 fully saturated rings. The average Bonchev–Trinajstić information content (AvgIpc) is 3.66. The van der Waals surface area contributed by atoms with Crippen molar-refractivity contribution in [1.82, 2.24) is 26.2 Å². The van der Waals surface area contributed by atoms with Gasteiger partial charge in [-0.2, -0.15) is 0 Å². The van der Waals surface area contributed by atoms with Crippen molar-refractivity contribution < 1.29 is 48.3 Å². The Morgan fingerprint density at radius 2 is 1.38 bits per heavy atom. The number of carbonyl (C=O) groups excluding carboxylic acids is 9. The number of aromatic hydroxyl groups is 1. The third-order valence-corrected chi connectivity index (χ3v) is 12.1. The second-order valence-corrected chi connectivity index (χ2v) is 16.7. The van der Waals surface area contributed by atoms with Crippen LogP contribution in [-0.2, 0) is 49.6 Å². The summed E-state index contributed by atoms with van der Waals surface area (Å²) in [5.41, 5.74) is 27.9. The van der Waals surface area contributed by atoms with Crippen LogP contribution in [0.3, 0.4) is 0 Å². The number of likely N-dealkylation sites (tertiary alicyclic amines) is 1. The fourth-order valence-electron chi connectivity index (χ4n) is 5.85. The van der Waals surface area contributed by atoms with Crippen LogP contribution in [0.15, 0.2) is 24.3 Å². The Labute approximate surface area is 344 Å². The molecule has 22 heteroatoms. The minimum Gasteiger partial charge on any atom is -0.508 e. The van der Waals surface area contributed by atoms with E-state index in [1.54, 1.807) is 32.9 Å². The lowest BCUT2D eigenvalue weighted by Crippen LogP contribution is -2.60. The van der Waals surface area contributed by atoms with E-state index in [0.717, 1.165) is 0 Å². The van der Waals surface area contributed by atoms with Crippen LogP contribution in [0.1, 0.15) is 64.9 Å². The number of nitrogens with zero attached hydrogens (tertiary/aromatic N) is 1. The smallest absolute Gasteiger partial charge is 0.243 e. The van der Waals surface area contributed by atoms with E-state index in [-0.39, 0.29) is 36.7 Å². The predicted octanol–water partition coefficient (Wildman–Crippen LogP) is -2.63. The fourth-order valence-corrected chi connectivity index (χ4v) is 8.32. The zero-order chi connectivity index (χ0) is 43.7. The first-order valence-electron chi connectivity index (χ1n) is 18.7. The van der Waals surface area contributed by atoms with E-state index in [1.165, 1.54) is 38.6 Å². The maximum Gasteiger partial charge on any atom is 0.243 e. The third kappa shape index (κ3) is 16.0. The first-order valence-corrected chi connectivity index (χ1v) is 21.2. The highest BCUT2D eigenvalue weighted by molar-refractivity contribution is 8.76. The molecule has 1 aromatic carbocycles. The van der Waals surface area contributed by atoms with Gasteiger partial charge in [-0.1, -0.05) is 60.9 Å². The first kappa shape index (κ1) is 49.1. The summed E-state index contributed by atoms with van der Waals surface area (Å²) in [5.74, 6) is -7.37. The van der Waals surface area contributed by atoms with Crippen molar-refractivity contribution in [2.45, 2.75) is 102 Å². The summed E-state index contributed by atoms with van der Waals surface area (Å²) < 4.78 is 0. The second-order valence-electron chi connectivity index (χ2n) is 14.2. The van der Waals surface area contributed by atoms with Crippen LogP contribution in [0.5, 0.6) is 5.75 Å². The molecule has 322 valence electrons. The van der Waals surface area contributed by atoms with Crippen LogP contribution in [0.25, 0.3) is 0 Å². The Morgan fingerprint density at radius 3 is 1.95 bits per heavy atom. The van der Waals surface area contributed by atoms with E-state index in [1.807, 2.05) is 0 Å². The molecular weight excluding hydrogens is 797 g/mol. The van der Waals surface area contributed by atoms with Gasteiger partial charge >= 0.3 is 0 Å². The Hall–Kier alpha value is -5.09. The van der Waals surface area contributed by atoms with Gasteiger partial charge in [-0.05, 0) is 42.9 Å². The Bertz CT molecular complexity index is 1650. The van der Waals surface area contributed by atoms with Crippen LogP contribution in [0, 0.1) is 11.8 Å². The molecule has 0 aromatic heterocycles. The van der Waals surface area contributed by atoms with Gasteiger partial charge in [0.15, 0.2) is 0 Å². The van der Waals surface area contributed by atoms with Gasteiger partial charge in [0.1, 0.15) is 36.0 Å². The van der Waals surface area contributed by atoms with Gasteiger partial charge in [-0.3, -0.25) is 43.2 Å². The van der Waals surface area contributed by atoms with Crippen molar-refractivity contribution in [2.24, 2.45) is 40.5 Å². The van der Waals surface area contributed by atoms with Crippen molar-refractivity contribution in [1.29, 1.82) is 0 Å². The molecule has 1 aliphatic heterocycles. The van der Waals surface area contributed by atoms with E-state index >= 15 is 0 Å². The molecule has 0 spiro atoms. The highest BCUT2D eigenvalue weighted by Gasteiger charge is 2.36. The maximum atomic E-state index is 13.9. The topological polar surface area (TPSA) is 355 Å². The SMILES string of the molecule is CC[C@H](C)[C@H](NC(=O)[C@H](Cc1ccc(O)cc1)NC(=O)[C@@H](N)CSSC[C@H](C)C(=O)N1CCC[C@H]1C(N)=O)C(=O)N[C@@H](CCC(N)=O)C(=O)N[C@@H](CC(N)=O)C(N)=O. The summed E-state index contributed by atoms with van der Waals surface area (Å²) in [6.07, 6.45) is 0.192. The molecule has 15 N–H and O–H groups in total. The Morgan fingerprint density at radius 1 is 0.793 bits per heavy atom. The molecule has 58 heavy (non-hydrogen) atoms. The number of amides is 9. The van der Waals surface area contributed by atoms with Gasteiger partial charge in [-0.25, -0.2) is 0 Å². The van der Waals surface area contributed by atoms with Gasteiger partial charge in [0.2, 0.25) is 53.2 Å². The maximum absolute atomic E-state index is 13.9. The minimum atomic E-state index is -1.51. The number of rotatable bonds is 25. The molecule has 0 unspecified atom stereocenters. The van der Waals surface area contributed by atoms with Gasteiger partial charge in [0.05, 0.1) is 12.5 Å². The molecule has 0 saturated carbocycles. The molecule has 1 aliphatic rings. The number of carbonyl (C=O) groups is 9. The van der Waals surface area contributed by atoms with Gasteiger partial charge in [-0.15, -0.1) is 0 Å². The Balaban J connectivity index is 2.19. The molecule has 1 saturated heterocycles. The van der Waals surface area contributed by atoms with Crippen molar-refractivity contribution in [2.75, 3.05) is 18.1 Å². The number of primary amides is 4. The fraction of sp³-hybridized carbons (Fsp3) is 0.583. The number of hydrogen-bond donors (Lipinski definition) is 10. The van der Waals surface area contributed by atoms with Crippen molar-refractivity contribution in [3.05, 3.63) is 29.8 Å². The van der Waals surface area contributed by atoms with Crippen LogP contribution in [-0.4, -0.2) is 117 Å². The molecule has 2 rings (SSSR count). The lowest BCUT2D eigenvalue weighted by molar-refractivity contribution is -0.139. The van der Waals surface area contributed by atoms with E-state index in [9.17, 15) is 48.3 Å². The highest BCUT2D eigenvalue weighted by Crippen LogP contribution is 2.27. The second kappa shape index (κ2) is 24.0. The standard InChI is InChI=1S/C36H56N10O10S2/c1-4-18(2)29(35(55)42-23(11-12-27(38)48)33(53)43-24(30(40)50)15-28(39)49)45-34(54)25(14-20-7-9-21(47)10-8-20)44-32(52)22(37)17-58-57-16-19(3)36(56)46-13-5-6-26(46)31(41)51/h7-10,18-19,22-26,29,47H,4-6,11-17,37H2,1-3H3,(H2,38,48)(H2,39,49)(H2,40,50)(H2,41,51)(H,42,55)(H,43,53)(H,44,52)(H,45,54)/t18-,19-,22-,23-,24-,25-,26-,29-/m0/s1. The number of hydrogen-bond acceptors (Lipinski definition) is 13. The summed E-state index contributed by atoms with van der Waals surface area (Å²) in [4.78, 5) is 115. The van der Waals surface area contributed by atoms with Crippen LogP contribution >= 0.6 is 21.6 Å². The van der Waals surface area contributed by atoms with Crippen LogP contribution < -0.4 is 49.9 Å². The quantitative estimate of drug-likeness (QED) is 0.0356. The summed E-state index contributed by atoms with van der Waals surface area (Å²) in [7, 11) is 2.56. The number of phenolic OH excluding ortho intramolecular Hbond substituents is 1. The summed E-state index contributed by atoms with van der Waals surface area (Å²) in [6, 6.07) is -1.39. The zero-order valence-corrected chi connectivity index (χ0v) is 34.4. The van der Waals surface area contributed by atoms with Gasteiger partial charge in [0.25, 0.3) is 0 Å². The van der Waals surface area contributed by atoms with Crippen molar-refractivity contribution in [3.8, 4) is 5.75 Å². The lowest BCUT2D eigenvalue weighted by atomic mass is 9.96. The van der Waals surface area contributed by atoms with Crippen molar-refractivity contribution in [3.63, 3.8) is 0 Å². The molecule has 0 aliphatic carbocycles. The summed E-state index contributed by atoms with van der Waals surface area (Å²) in [5, 5.41) is 19.8. The van der Waals surface area contributed by atoms with E-state index in [2.05, 4.69) is 21.3 Å². The monoisotopic (exact) mass is 852 g/mol. The molecule has 1 heterocycles. The first-order chi connectivity index (χ1) is 27.2. The lowest BCUT2D eigenvalue weighted by Gasteiger charge is -2.29. The predicted molar refractivity (Wildman–Crippen MR) is 216 cm³/mol. The summed E-state index contributed by atoms with van der Waals surface area (Å²) in [6.45, 7) is 5.60. The average molecular weight is 853 g/mol. The molecule has 1 aromatic rings. The summed E-state index contributed by atoms with van der Waals surface area (Å²) >= 11 is 0. The van der Waals surface area contributed by atoms with E-state index < -0.39 is 102 Å². The molecule has 20 nitrogen and oxygen atoms in total. The largest absolute Gasteiger partial charge is 0.508 e. The highest BCUT2D eigenvalue weighted by atomic mass is 33.1. The number of phenols is 1. The molecule has 9 amide bonds. The normalized spacial score (nSPS) is 17.3. The van der Waals surface area contributed by atoms with Gasteiger partial charge in [0, 0.05) is 36.8 Å². The van der Waals surface area contributed by atoms with E-state index in [4.69, 9.17) is 28.7 Å². The number of benzene rings is 1. The van der Waals surface area contributed by atoms with Crippen molar-refractivity contribution >= 4 is 74.8 Å². The number of nitrogens with two attached hydrogens (primary N) is 5. The van der Waals surface area contributed by atoms with Gasteiger partial charge < -0.3 is 59.9 Å². The van der Waals surface area contributed by atoms with E-state index in [0.29, 0.717) is 37.1 Å². The van der Waals surface area contributed by atoms with Crippen LogP contribution in [0.2, 0.25) is 0 Å². The minimum absolute atomic E-state index is 0.0327. The molecule has 8 atom stereocenters. The molecular formula is C36H56N10O10S2. The number of nitrogens with one attached hydrogen (secondary N) is 4. The Kier molecular flexibility index (Phi) is 20.3. The third-order valence-electron chi connectivity index (χ3n) is 9.45. The zero-order valence-electron chi connectivity index (χ0n) is 32.8. The molecule has 0 bridgehead atoms. The molecule has 0 radical (unpaired) electrons. The van der Waals surface area contributed by atoms with Crippen LogP contribution in [0.4, 0.5) is 0 Å².